The second-order valence-corrected chi connectivity index (χ2v) is 32.3. The third kappa shape index (κ3) is 49.6. The fourth-order valence-corrected chi connectivity index (χ4v) is 11.2. The second kappa shape index (κ2) is 53.3. The summed E-state index contributed by atoms with van der Waals surface area (Å²) < 4.78 is 0. The number of fused-ring (bicyclic) bond motifs is 2. The molecule has 8 rings (SSSR count). The molecule has 4 aromatic carbocycles. The van der Waals surface area contributed by atoms with E-state index in [9.17, 15) is 0 Å². The van der Waals surface area contributed by atoms with Crippen LogP contribution in [0.1, 0.15) is 318 Å². The standard InChI is InChI=1S/2C12H15N.2C10H20.2C9H12.2C7H16.2C6H14/c2*1-9(2)7-10-8-13-12-6-4-3-5-11(10)12;2*1-9(2)8-10-6-4-3-5-7-10;2*1-8(2)9-6-4-3-5-7-9;2*1-6(2)5-7(3)4;2*1-5(2)6(3)4/h2*3-6,8-9,13H,7H2,1-2H3;2*9-10H,3-8H2,1-2H3;2*3-8H,1-2H3;2*6-7H,5H2,1-4H3;2*5-6H,1-4H3. The van der Waals surface area contributed by atoms with Gasteiger partial charge in [-0.1, -0.05) is 355 Å². The molecule has 2 heteroatoms. The fourth-order valence-electron chi connectivity index (χ4n) is 11.2. The van der Waals surface area contributed by atoms with Crippen molar-refractivity contribution in [3.63, 3.8) is 0 Å². The molecule has 0 aliphatic heterocycles. The molecular formula is C88H154N2. The molecule has 2 aliphatic carbocycles. The summed E-state index contributed by atoms with van der Waals surface area (Å²) >= 11 is 0. The van der Waals surface area contributed by atoms with Crippen molar-refractivity contribution in [2.45, 2.75) is 308 Å². The Kier molecular flexibility index (Phi) is 52.2. The second-order valence-electron chi connectivity index (χ2n) is 32.3. The molecule has 2 fully saturated rings. The highest BCUT2D eigenvalue weighted by Crippen LogP contribution is 2.30. The van der Waals surface area contributed by atoms with Crippen molar-refractivity contribution in [2.24, 2.45) is 82.9 Å². The minimum Gasteiger partial charge on any atom is -0.361 e. The van der Waals surface area contributed by atoms with E-state index in [1.807, 2.05) is 12.1 Å². The van der Waals surface area contributed by atoms with Gasteiger partial charge in [0, 0.05) is 34.2 Å². The Morgan fingerprint density at radius 1 is 0.289 bits per heavy atom. The largest absolute Gasteiger partial charge is 0.361 e. The number of benzene rings is 4. The predicted octanol–water partition coefficient (Wildman–Crippen LogP) is 29.6. The maximum absolute atomic E-state index is 3.29. The highest BCUT2D eigenvalue weighted by Gasteiger charge is 2.15. The first kappa shape index (κ1) is 88.0. The Labute approximate surface area is 563 Å². The van der Waals surface area contributed by atoms with Gasteiger partial charge in [0.15, 0.2) is 0 Å². The van der Waals surface area contributed by atoms with Gasteiger partial charge in [0.05, 0.1) is 0 Å². The molecule has 6 aromatic rings. The minimum atomic E-state index is 0.659. The summed E-state index contributed by atoms with van der Waals surface area (Å²) in [6.45, 7) is 63.2. The number of hydrogen-bond acceptors (Lipinski definition) is 0. The van der Waals surface area contributed by atoms with Crippen LogP contribution in [0.5, 0.6) is 0 Å². The third-order valence-electron chi connectivity index (χ3n) is 17.1. The molecule has 0 atom stereocenters. The van der Waals surface area contributed by atoms with Crippen LogP contribution in [0.2, 0.25) is 0 Å². The van der Waals surface area contributed by atoms with E-state index in [0.29, 0.717) is 11.8 Å². The summed E-state index contributed by atoms with van der Waals surface area (Å²) in [4.78, 5) is 6.59. The summed E-state index contributed by atoms with van der Waals surface area (Å²) in [7, 11) is 0. The van der Waals surface area contributed by atoms with Crippen molar-refractivity contribution in [1.82, 2.24) is 9.97 Å². The van der Waals surface area contributed by atoms with Crippen LogP contribution in [0.15, 0.2) is 122 Å². The van der Waals surface area contributed by atoms with E-state index >= 15 is 0 Å². The van der Waals surface area contributed by atoms with Crippen molar-refractivity contribution >= 4 is 21.8 Å². The highest BCUT2D eigenvalue weighted by atomic mass is 14.7. The van der Waals surface area contributed by atoms with Crippen LogP contribution in [-0.2, 0) is 12.8 Å². The average molecular weight is 1240 g/mol. The number of aromatic amines is 2. The van der Waals surface area contributed by atoms with Gasteiger partial charge >= 0.3 is 0 Å². The Morgan fingerprint density at radius 2 is 0.544 bits per heavy atom. The van der Waals surface area contributed by atoms with Crippen molar-refractivity contribution in [2.75, 3.05) is 0 Å². The molecule has 0 spiro atoms. The molecule has 2 nitrogen and oxygen atoms in total. The van der Waals surface area contributed by atoms with Gasteiger partial charge in [0.1, 0.15) is 0 Å². The van der Waals surface area contributed by atoms with Gasteiger partial charge in [-0.3, -0.25) is 0 Å². The number of aromatic nitrogens is 2. The number of nitrogens with one attached hydrogen (secondary N) is 2. The first-order valence-corrected chi connectivity index (χ1v) is 37.5. The quantitative estimate of drug-likeness (QED) is 0.0968. The Hall–Kier alpha value is -4.04. The van der Waals surface area contributed by atoms with Gasteiger partial charge in [-0.05, 0) is 168 Å². The van der Waals surface area contributed by atoms with Crippen LogP contribution >= 0.6 is 0 Å². The van der Waals surface area contributed by atoms with Gasteiger partial charge in [0.25, 0.3) is 0 Å². The lowest BCUT2D eigenvalue weighted by Gasteiger charge is -2.22. The van der Waals surface area contributed by atoms with E-state index in [4.69, 9.17) is 0 Å². The van der Waals surface area contributed by atoms with Crippen LogP contribution in [0, 0.1) is 82.9 Å². The number of hydrogen-bond donors (Lipinski definition) is 2. The maximum Gasteiger partial charge on any atom is 0.0456 e. The summed E-state index contributed by atoms with van der Waals surface area (Å²) in [6, 6.07) is 38.0. The summed E-state index contributed by atoms with van der Waals surface area (Å²) in [5, 5.41) is 2.74. The molecule has 0 bridgehead atoms. The third-order valence-corrected chi connectivity index (χ3v) is 17.1. The zero-order valence-electron chi connectivity index (χ0n) is 65.1. The van der Waals surface area contributed by atoms with E-state index in [1.165, 1.54) is 134 Å². The first-order chi connectivity index (χ1) is 42.3. The van der Waals surface area contributed by atoms with Crippen LogP contribution < -0.4 is 0 Å². The molecule has 90 heavy (non-hydrogen) atoms. The van der Waals surface area contributed by atoms with E-state index in [2.05, 4.69) is 313 Å². The van der Waals surface area contributed by atoms with Crippen molar-refractivity contribution in [1.29, 1.82) is 0 Å². The Bertz CT molecular complexity index is 2240. The van der Waals surface area contributed by atoms with Crippen molar-refractivity contribution in [3.05, 3.63) is 144 Å². The fraction of sp³-hybridized carbons (Fsp3) is 0.682. The molecule has 516 valence electrons. The lowest BCUT2D eigenvalue weighted by Crippen LogP contribution is -2.08. The zero-order chi connectivity index (χ0) is 68.7. The normalized spacial score (nSPS) is 13.4. The number of para-hydroxylation sites is 2. The molecule has 0 radical (unpaired) electrons. The monoisotopic (exact) mass is 1240 g/mol. The SMILES string of the molecule is CC(C)C(C)C.CC(C)C(C)C.CC(C)CC(C)C.CC(C)CC(C)C.CC(C)CC1CCCCC1.CC(C)CC1CCCCC1.CC(C)Cc1c[nH]c2ccccc12.CC(C)Cc1c[nH]c2ccccc12.CC(C)c1ccccc1.CC(C)c1ccccc1. The predicted molar refractivity (Wildman–Crippen MR) is 415 cm³/mol. The van der Waals surface area contributed by atoms with Gasteiger partial charge in [-0.2, -0.15) is 0 Å². The molecule has 2 aromatic heterocycles. The maximum atomic E-state index is 3.29. The van der Waals surface area contributed by atoms with Gasteiger partial charge < -0.3 is 9.97 Å². The van der Waals surface area contributed by atoms with E-state index in [1.54, 1.807) is 0 Å². The van der Waals surface area contributed by atoms with E-state index in [0.717, 1.165) is 95.7 Å². The van der Waals surface area contributed by atoms with Gasteiger partial charge in [0.2, 0.25) is 0 Å². The molecule has 2 aliphatic rings. The molecule has 2 heterocycles. The Morgan fingerprint density at radius 3 is 0.744 bits per heavy atom. The molecule has 0 saturated heterocycles. The number of rotatable bonds is 16. The summed E-state index contributed by atoms with van der Waals surface area (Å²) in [5.41, 5.74) is 8.20. The van der Waals surface area contributed by atoms with E-state index in [-0.39, 0.29) is 0 Å². The van der Waals surface area contributed by atoms with Crippen molar-refractivity contribution < 1.29 is 0 Å². The molecular weight excluding hydrogens is 1080 g/mol. The first-order valence-electron chi connectivity index (χ1n) is 37.5. The summed E-state index contributed by atoms with van der Waals surface area (Å²) in [5.74, 6) is 13.7. The summed E-state index contributed by atoms with van der Waals surface area (Å²) in [6.07, 6.45) is 27.3. The minimum absolute atomic E-state index is 0.659. The smallest absolute Gasteiger partial charge is 0.0456 e. The topological polar surface area (TPSA) is 31.6 Å². The van der Waals surface area contributed by atoms with Gasteiger partial charge in [-0.25, -0.2) is 0 Å². The molecule has 0 unspecified atom stereocenters. The molecule has 2 saturated carbocycles. The highest BCUT2D eigenvalue weighted by molar-refractivity contribution is 5.83. The van der Waals surface area contributed by atoms with Crippen LogP contribution in [0.3, 0.4) is 0 Å². The zero-order valence-corrected chi connectivity index (χ0v) is 65.1. The number of H-pyrrole nitrogens is 2. The van der Waals surface area contributed by atoms with Crippen LogP contribution in [0.25, 0.3) is 21.8 Å². The molecule has 0 amide bonds. The van der Waals surface area contributed by atoms with E-state index < -0.39 is 0 Å². The van der Waals surface area contributed by atoms with Crippen molar-refractivity contribution in [3.8, 4) is 0 Å². The van der Waals surface area contributed by atoms with Gasteiger partial charge in [-0.15, -0.1) is 0 Å². The van der Waals surface area contributed by atoms with Crippen LogP contribution in [0.4, 0.5) is 0 Å². The van der Waals surface area contributed by atoms with Crippen LogP contribution in [-0.4, -0.2) is 9.97 Å². The average Bonchev–Trinajstić information content (AvgIpc) is 1.84. The molecule has 2 N–H and O–H groups in total. The lowest BCUT2D eigenvalue weighted by atomic mass is 9.84. The lowest BCUT2D eigenvalue weighted by molar-refractivity contribution is 0.305. The Balaban J connectivity index is 0.